The minimum Gasteiger partial charge on any atom is -0.480 e. The summed E-state index contributed by atoms with van der Waals surface area (Å²) in [5.74, 6) is -1.07. The van der Waals surface area contributed by atoms with E-state index in [2.05, 4.69) is 5.32 Å². The van der Waals surface area contributed by atoms with E-state index < -0.39 is 12.0 Å². The summed E-state index contributed by atoms with van der Waals surface area (Å²) in [6.45, 7) is 1.50. The van der Waals surface area contributed by atoms with Gasteiger partial charge in [-0.15, -0.1) is 0 Å². The van der Waals surface area contributed by atoms with Gasteiger partial charge in [-0.3, -0.25) is 4.79 Å². The molecule has 1 atom stereocenters. The molecule has 2 N–H and O–H groups in total. The number of rotatable bonds is 2. The van der Waals surface area contributed by atoms with Crippen molar-refractivity contribution in [1.29, 1.82) is 0 Å². The fraction of sp³-hybridized carbons (Fsp3) is 0.467. The molecule has 2 heterocycles. The Morgan fingerprint density at radius 2 is 2.15 bits per heavy atom. The predicted molar refractivity (Wildman–Crippen MR) is 74.9 cm³/mol. The van der Waals surface area contributed by atoms with Gasteiger partial charge >= 0.3 is 5.97 Å². The molecule has 2 aliphatic heterocycles. The Bertz CT molecular complexity index is 556. The number of nitrogens with zero attached hydrogens (tertiary/aromatic N) is 1. The summed E-state index contributed by atoms with van der Waals surface area (Å²) in [5, 5.41) is 12.5. The number of carbonyl (C=O) groups is 2. The third-order valence-corrected chi connectivity index (χ3v) is 4.09. The number of fused-ring (bicyclic) bond motifs is 1. The normalized spacial score (nSPS) is 21.2. The number of aliphatic carboxylic acids is 1. The fourth-order valence-corrected chi connectivity index (χ4v) is 3.04. The number of likely N-dealkylation sites (tertiary alicyclic amines) is 1. The molecule has 20 heavy (non-hydrogen) atoms. The maximum atomic E-state index is 12.5. The first-order chi connectivity index (χ1) is 9.66. The smallest absolute Gasteiger partial charge is 0.326 e. The molecule has 3 rings (SSSR count). The number of nitrogens with one attached hydrogen (secondary N) is 1. The maximum absolute atomic E-state index is 12.5. The van der Waals surface area contributed by atoms with E-state index in [1.807, 2.05) is 12.1 Å². The number of amides is 1. The Hall–Kier alpha value is -2.04. The van der Waals surface area contributed by atoms with Crippen molar-refractivity contribution in [2.45, 2.75) is 31.7 Å². The highest BCUT2D eigenvalue weighted by atomic mass is 16.4. The molecule has 1 aromatic rings. The van der Waals surface area contributed by atoms with Crippen LogP contribution in [0.2, 0.25) is 0 Å². The molecule has 1 saturated heterocycles. The molecule has 2 aliphatic rings. The Labute approximate surface area is 117 Å². The molecule has 0 aromatic heterocycles. The number of carbonyl (C=O) groups excluding carboxylic acids is 1. The minimum absolute atomic E-state index is 0.164. The number of anilines is 1. The standard InChI is InChI=1S/C15H18N2O3/c18-14(17-8-2-4-13(17)15(19)20)11-5-6-12-10(9-11)3-1-7-16-12/h5-6,9,13,16H,1-4,7-8H2,(H,19,20)/t13-/m0/s1. The zero-order valence-corrected chi connectivity index (χ0v) is 11.3. The van der Waals surface area contributed by atoms with Crippen molar-refractivity contribution < 1.29 is 14.7 Å². The molecular weight excluding hydrogens is 256 g/mol. The highest BCUT2D eigenvalue weighted by molar-refractivity contribution is 5.97. The van der Waals surface area contributed by atoms with Gasteiger partial charge in [0.1, 0.15) is 6.04 Å². The van der Waals surface area contributed by atoms with Crippen LogP contribution in [-0.2, 0) is 11.2 Å². The van der Waals surface area contributed by atoms with E-state index in [4.69, 9.17) is 5.11 Å². The van der Waals surface area contributed by atoms with Crippen molar-refractivity contribution in [1.82, 2.24) is 4.90 Å². The quantitative estimate of drug-likeness (QED) is 0.861. The second-order valence-corrected chi connectivity index (χ2v) is 5.40. The average Bonchev–Trinajstić information content (AvgIpc) is 2.95. The van der Waals surface area contributed by atoms with Crippen molar-refractivity contribution in [2.75, 3.05) is 18.4 Å². The van der Waals surface area contributed by atoms with E-state index in [1.54, 1.807) is 6.07 Å². The van der Waals surface area contributed by atoms with E-state index >= 15 is 0 Å². The molecule has 0 aliphatic carbocycles. The van der Waals surface area contributed by atoms with Crippen molar-refractivity contribution in [3.8, 4) is 0 Å². The lowest BCUT2D eigenvalue weighted by Gasteiger charge is -2.23. The van der Waals surface area contributed by atoms with Crippen LogP contribution in [0.3, 0.4) is 0 Å². The lowest BCUT2D eigenvalue weighted by Crippen LogP contribution is -2.40. The summed E-state index contributed by atoms with van der Waals surface area (Å²) >= 11 is 0. The van der Waals surface area contributed by atoms with E-state index in [9.17, 15) is 9.59 Å². The first-order valence-electron chi connectivity index (χ1n) is 7.07. The van der Waals surface area contributed by atoms with Gasteiger partial charge in [0.05, 0.1) is 0 Å². The van der Waals surface area contributed by atoms with Crippen LogP contribution in [0.1, 0.15) is 35.2 Å². The van der Waals surface area contributed by atoms with Gasteiger partial charge in [0, 0.05) is 24.3 Å². The predicted octanol–water partition coefficient (Wildman–Crippen LogP) is 1.73. The number of carboxylic acid groups (broad SMARTS) is 1. The Morgan fingerprint density at radius 1 is 1.30 bits per heavy atom. The molecule has 106 valence electrons. The molecule has 1 amide bonds. The zero-order chi connectivity index (χ0) is 14.1. The van der Waals surface area contributed by atoms with Gasteiger partial charge in [-0.05, 0) is 49.4 Å². The number of carboxylic acids is 1. The molecule has 1 fully saturated rings. The van der Waals surface area contributed by atoms with Crippen molar-refractivity contribution in [2.24, 2.45) is 0 Å². The topological polar surface area (TPSA) is 69.6 Å². The van der Waals surface area contributed by atoms with Gasteiger partial charge in [-0.1, -0.05) is 0 Å². The second-order valence-electron chi connectivity index (χ2n) is 5.40. The van der Waals surface area contributed by atoms with Crippen LogP contribution in [-0.4, -0.2) is 41.0 Å². The maximum Gasteiger partial charge on any atom is 0.326 e. The van der Waals surface area contributed by atoms with Crippen LogP contribution in [0.5, 0.6) is 0 Å². The summed E-state index contributed by atoms with van der Waals surface area (Å²) < 4.78 is 0. The first kappa shape index (κ1) is 13.0. The molecule has 5 nitrogen and oxygen atoms in total. The first-order valence-corrected chi connectivity index (χ1v) is 7.07. The summed E-state index contributed by atoms with van der Waals surface area (Å²) in [6, 6.07) is 4.95. The van der Waals surface area contributed by atoms with Gasteiger partial charge in [0.15, 0.2) is 0 Å². The summed E-state index contributed by atoms with van der Waals surface area (Å²) in [6.07, 6.45) is 3.33. The van der Waals surface area contributed by atoms with E-state index in [1.165, 1.54) is 4.90 Å². The van der Waals surface area contributed by atoms with Crippen LogP contribution in [0.15, 0.2) is 18.2 Å². The Balaban J connectivity index is 1.85. The van der Waals surface area contributed by atoms with E-state index in [-0.39, 0.29) is 5.91 Å². The zero-order valence-electron chi connectivity index (χ0n) is 11.3. The number of aryl methyl sites for hydroxylation is 1. The lowest BCUT2D eigenvalue weighted by molar-refractivity contribution is -0.141. The number of hydrogen-bond acceptors (Lipinski definition) is 3. The number of hydrogen-bond donors (Lipinski definition) is 2. The third kappa shape index (κ3) is 2.24. The summed E-state index contributed by atoms with van der Waals surface area (Å²) in [4.78, 5) is 25.2. The third-order valence-electron chi connectivity index (χ3n) is 4.09. The fourth-order valence-electron chi connectivity index (χ4n) is 3.04. The molecule has 1 aromatic carbocycles. The van der Waals surface area contributed by atoms with Crippen LogP contribution in [0.25, 0.3) is 0 Å². The van der Waals surface area contributed by atoms with Crippen LogP contribution >= 0.6 is 0 Å². The largest absolute Gasteiger partial charge is 0.480 e. The van der Waals surface area contributed by atoms with Crippen LogP contribution in [0.4, 0.5) is 5.69 Å². The van der Waals surface area contributed by atoms with Crippen LogP contribution in [0, 0.1) is 0 Å². The highest BCUT2D eigenvalue weighted by Crippen LogP contribution is 2.25. The minimum atomic E-state index is -0.907. The van der Waals surface area contributed by atoms with Crippen molar-refractivity contribution >= 4 is 17.6 Å². The highest BCUT2D eigenvalue weighted by Gasteiger charge is 2.34. The second kappa shape index (κ2) is 5.15. The SMILES string of the molecule is O=C(O)[C@@H]1CCCN1C(=O)c1ccc2c(c1)CCCN2. The summed E-state index contributed by atoms with van der Waals surface area (Å²) in [5.41, 5.74) is 2.83. The van der Waals surface area contributed by atoms with Gasteiger partial charge in [-0.2, -0.15) is 0 Å². The Morgan fingerprint density at radius 3 is 2.95 bits per heavy atom. The monoisotopic (exact) mass is 274 g/mol. The van der Waals surface area contributed by atoms with Gasteiger partial charge in [0.2, 0.25) is 0 Å². The average molecular weight is 274 g/mol. The lowest BCUT2D eigenvalue weighted by atomic mass is 10.00. The van der Waals surface area contributed by atoms with Gasteiger partial charge in [-0.25, -0.2) is 4.79 Å². The van der Waals surface area contributed by atoms with Crippen molar-refractivity contribution in [3.05, 3.63) is 29.3 Å². The molecule has 5 heteroatoms. The molecule has 0 bridgehead atoms. The molecule has 0 saturated carbocycles. The van der Waals surface area contributed by atoms with Crippen molar-refractivity contribution in [3.63, 3.8) is 0 Å². The van der Waals surface area contributed by atoms with E-state index in [0.29, 0.717) is 18.5 Å². The van der Waals surface area contributed by atoms with E-state index in [0.717, 1.165) is 37.1 Å². The van der Waals surface area contributed by atoms with Gasteiger partial charge < -0.3 is 15.3 Å². The summed E-state index contributed by atoms with van der Waals surface area (Å²) in [7, 11) is 0. The van der Waals surface area contributed by atoms with Gasteiger partial charge in [0.25, 0.3) is 5.91 Å². The molecule has 0 radical (unpaired) electrons. The molecule has 0 spiro atoms. The molecular formula is C15H18N2O3. The Kier molecular flexibility index (Phi) is 3.34. The van der Waals surface area contributed by atoms with Crippen LogP contribution < -0.4 is 5.32 Å². The number of benzene rings is 1. The molecule has 0 unspecified atom stereocenters.